The molecular weight excluding hydrogens is 261 g/mol. The van der Waals surface area contributed by atoms with Gasteiger partial charge in [-0.1, -0.05) is 0 Å². The Morgan fingerprint density at radius 3 is 2.78 bits per heavy atom. The van der Waals surface area contributed by atoms with Gasteiger partial charge in [0.05, 0.1) is 5.69 Å². The molecule has 1 aromatic rings. The van der Waals surface area contributed by atoms with Crippen LogP contribution in [0.25, 0.3) is 0 Å². The molecule has 1 saturated heterocycles. The molecule has 6 nitrogen and oxygen atoms in total. The molecular formula is C10H12FN3O3S. The highest BCUT2D eigenvalue weighted by Crippen LogP contribution is 2.29. The van der Waals surface area contributed by atoms with Crippen molar-refractivity contribution in [2.24, 2.45) is 0 Å². The fourth-order valence-corrected chi connectivity index (χ4v) is 2.51. The number of aryl methyl sites for hydroxylation is 1. The number of amides is 1. The lowest BCUT2D eigenvalue weighted by Gasteiger charge is -2.17. The summed E-state index contributed by atoms with van der Waals surface area (Å²) in [5, 5.41) is -1.34. The number of rotatable bonds is 2. The molecule has 2 rings (SSSR count). The lowest BCUT2D eigenvalue weighted by molar-refractivity contribution is -0.117. The highest BCUT2D eigenvalue weighted by atomic mass is 32.3. The van der Waals surface area contributed by atoms with Gasteiger partial charge in [0.25, 0.3) is 0 Å². The van der Waals surface area contributed by atoms with Crippen LogP contribution in [0.4, 0.5) is 15.4 Å². The molecule has 0 aromatic carbocycles. The molecule has 0 saturated carbocycles. The van der Waals surface area contributed by atoms with E-state index in [9.17, 15) is 17.1 Å². The van der Waals surface area contributed by atoms with Gasteiger partial charge in [-0.3, -0.25) is 9.69 Å². The van der Waals surface area contributed by atoms with E-state index in [1.54, 1.807) is 13.0 Å². The zero-order valence-corrected chi connectivity index (χ0v) is 10.4. The van der Waals surface area contributed by atoms with Crippen LogP contribution >= 0.6 is 0 Å². The van der Waals surface area contributed by atoms with Crippen molar-refractivity contribution in [1.82, 2.24) is 4.98 Å². The summed E-state index contributed by atoms with van der Waals surface area (Å²) >= 11 is 0. The maximum atomic E-state index is 12.9. The second kappa shape index (κ2) is 4.20. The molecule has 0 aliphatic carbocycles. The molecule has 1 atom stereocenters. The van der Waals surface area contributed by atoms with E-state index in [2.05, 4.69) is 4.98 Å². The van der Waals surface area contributed by atoms with Crippen LogP contribution in [0, 0.1) is 6.92 Å². The molecule has 0 radical (unpaired) electrons. The third-order valence-electron chi connectivity index (χ3n) is 2.93. The Morgan fingerprint density at radius 2 is 2.22 bits per heavy atom. The van der Waals surface area contributed by atoms with Crippen molar-refractivity contribution in [3.05, 3.63) is 17.8 Å². The molecule has 1 aromatic heterocycles. The zero-order chi connectivity index (χ0) is 13.5. The Labute approximate surface area is 104 Å². The minimum absolute atomic E-state index is 0.186. The fraction of sp³-hybridized carbons (Fsp3) is 0.400. The molecule has 8 heteroatoms. The number of nitrogen functional groups attached to an aromatic ring is 1. The van der Waals surface area contributed by atoms with Crippen molar-refractivity contribution >= 4 is 27.6 Å². The second-order valence-corrected chi connectivity index (χ2v) is 5.79. The SMILES string of the molecule is Cc1ccnc(N2CC(S(=O)(=O)F)CC2=O)c1N. The average Bonchev–Trinajstić information content (AvgIpc) is 2.64. The van der Waals surface area contributed by atoms with Crippen LogP contribution in [-0.4, -0.2) is 31.1 Å². The maximum absolute atomic E-state index is 12.9. The van der Waals surface area contributed by atoms with E-state index in [4.69, 9.17) is 5.73 Å². The molecule has 1 fully saturated rings. The van der Waals surface area contributed by atoms with Crippen molar-refractivity contribution in [3.63, 3.8) is 0 Å². The predicted molar refractivity (Wildman–Crippen MR) is 64.2 cm³/mol. The first-order valence-electron chi connectivity index (χ1n) is 5.25. The third-order valence-corrected chi connectivity index (χ3v) is 4.04. The molecule has 1 unspecified atom stereocenters. The van der Waals surface area contributed by atoms with Crippen molar-refractivity contribution < 1.29 is 17.1 Å². The summed E-state index contributed by atoms with van der Waals surface area (Å²) in [6, 6.07) is 1.67. The Morgan fingerprint density at radius 1 is 1.56 bits per heavy atom. The Bertz CT molecular complexity index is 602. The van der Waals surface area contributed by atoms with Crippen LogP contribution in [0.5, 0.6) is 0 Å². The normalized spacial score (nSPS) is 20.4. The van der Waals surface area contributed by atoms with E-state index in [1.165, 1.54) is 6.20 Å². The average molecular weight is 273 g/mol. The largest absolute Gasteiger partial charge is 0.396 e. The highest BCUT2D eigenvalue weighted by Gasteiger charge is 2.40. The fourth-order valence-electron chi connectivity index (χ4n) is 1.84. The van der Waals surface area contributed by atoms with E-state index in [-0.39, 0.29) is 18.8 Å². The lowest BCUT2D eigenvalue weighted by atomic mass is 10.2. The molecule has 0 spiro atoms. The van der Waals surface area contributed by atoms with Gasteiger partial charge in [-0.15, -0.1) is 3.89 Å². The first-order chi connectivity index (χ1) is 8.30. The number of aromatic nitrogens is 1. The Kier molecular flexibility index (Phi) is 2.97. The van der Waals surface area contributed by atoms with Crippen molar-refractivity contribution in [3.8, 4) is 0 Å². The van der Waals surface area contributed by atoms with Crippen LogP contribution in [-0.2, 0) is 15.0 Å². The standard InChI is InChI=1S/C10H12FN3O3S/c1-6-2-3-13-10(9(6)12)14-5-7(4-8(14)15)18(11,16)17/h2-3,7H,4-5,12H2,1H3. The minimum atomic E-state index is -4.73. The molecule has 18 heavy (non-hydrogen) atoms. The van der Waals surface area contributed by atoms with Gasteiger partial charge < -0.3 is 5.73 Å². The molecule has 1 aliphatic rings. The number of halogens is 1. The minimum Gasteiger partial charge on any atom is -0.396 e. The molecule has 0 bridgehead atoms. The van der Waals surface area contributed by atoms with Crippen LogP contribution in [0.3, 0.4) is 0 Å². The maximum Gasteiger partial charge on any atom is 0.307 e. The van der Waals surface area contributed by atoms with E-state index in [1.807, 2.05) is 0 Å². The van der Waals surface area contributed by atoms with E-state index in [0.29, 0.717) is 5.69 Å². The summed E-state index contributed by atoms with van der Waals surface area (Å²) in [4.78, 5) is 16.8. The van der Waals surface area contributed by atoms with E-state index < -0.39 is 21.4 Å². The number of nitrogens with two attached hydrogens (primary N) is 1. The number of nitrogens with zero attached hydrogens (tertiary/aromatic N) is 2. The van der Waals surface area contributed by atoms with Gasteiger partial charge in [0.1, 0.15) is 5.25 Å². The summed E-state index contributed by atoms with van der Waals surface area (Å²) in [5.41, 5.74) is 6.80. The summed E-state index contributed by atoms with van der Waals surface area (Å²) in [7, 11) is -4.73. The molecule has 98 valence electrons. The lowest BCUT2D eigenvalue weighted by Crippen LogP contribution is -2.28. The van der Waals surface area contributed by atoms with Gasteiger partial charge in [0.15, 0.2) is 5.82 Å². The summed E-state index contributed by atoms with van der Waals surface area (Å²) in [6.45, 7) is 1.49. The number of carbonyl (C=O) groups excluding carboxylic acids is 1. The van der Waals surface area contributed by atoms with Gasteiger partial charge in [0, 0.05) is 19.2 Å². The quantitative estimate of drug-likeness (QED) is 0.786. The van der Waals surface area contributed by atoms with Crippen LogP contribution in [0.2, 0.25) is 0 Å². The number of hydrogen-bond donors (Lipinski definition) is 1. The van der Waals surface area contributed by atoms with Gasteiger partial charge in [-0.2, -0.15) is 8.42 Å². The first-order valence-corrected chi connectivity index (χ1v) is 6.70. The highest BCUT2D eigenvalue weighted by molar-refractivity contribution is 7.87. The number of hydrogen-bond acceptors (Lipinski definition) is 5. The summed E-state index contributed by atoms with van der Waals surface area (Å²) in [6.07, 6.45) is 1.08. The summed E-state index contributed by atoms with van der Waals surface area (Å²) < 4.78 is 34.5. The smallest absolute Gasteiger partial charge is 0.307 e. The van der Waals surface area contributed by atoms with Crippen molar-refractivity contribution in [1.29, 1.82) is 0 Å². The van der Waals surface area contributed by atoms with Crippen LogP contribution in [0.1, 0.15) is 12.0 Å². The number of pyridine rings is 1. The number of anilines is 2. The third kappa shape index (κ3) is 2.15. The van der Waals surface area contributed by atoms with E-state index in [0.717, 1.165) is 10.5 Å². The monoisotopic (exact) mass is 273 g/mol. The van der Waals surface area contributed by atoms with Gasteiger partial charge in [-0.25, -0.2) is 4.98 Å². The number of carbonyl (C=O) groups is 1. The van der Waals surface area contributed by atoms with Crippen LogP contribution < -0.4 is 10.6 Å². The van der Waals surface area contributed by atoms with Crippen molar-refractivity contribution in [2.75, 3.05) is 17.2 Å². The topological polar surface area (TPSA) is 93.4 Å². The van der Waals surface area contributed by atoms with Gasteiger partial charge >= 0.3 is 10.2 Å². The van der Waals surface area contributed by atoms with Crippen LogP contribution in [0.15, 0.2) is 12.3 Å². The molecule has 2 N–H and O–H groups in total. The van der Waals surface area contributed by atoms with E-state index >= 15 is 0 Å². The van der Waals surface area contributed by atoms with Crippen molar-refractivity contribution in [2.45, 2.75) is 18.6 Å². The first kappa shape index (κ1) is 12.7. The molecule has 1 aliphatic heterocycles. The second-order valence-electron chi connectivity index (χ2n) is 4.17. The molecule has 2 heterocycles. The van der Waals surface area contributed by atoms with Gasteiger partial charge in [0.2, 0.25) is 5.91 Å². The zero-order valence-electron chi connectivity index (χ0n) is 9.63. The Balaban J connectivity index is 2.36. The molecule has 1 amide bonds. The Hall–Kier alpha value is -1.70. The summed E-state index contributed by atoms with van der Waals surface area (Å²) in [5.74, 6) is -0.308. The van der Waals surface area contributed by atoms with Gasteiger partial charge in [-0.05, 0) is 18.6 Å². The predicted octanol–water partition coefficient (Wildman–Crippen LogP) is 0.377.